The second-order valence-electron chi connectivity index (χ2n) is 8.89. The molecule has 1 fully saturated rings. The molecule has 0 N–H and O–H groups in total. The SMILES string of the molecule is O=C(c1ccc2nc3c4ncccc4c4cccnc4c3nc2c1)N1CCN(c2ccccn2)CC1. The third-order valence-electron chi connectivity index (χ3n) is 6.81. The topological polar surface area (TPSA) is 88.0 Å². The Labute approximate surface area is 206 Å². The second kappa shape index (κ2) is 8.20. The molecule has 36 heavy (non-hydrogen) atoms. The van der Waals surface area contributed by atoms with E-state index in [-0.39, 0.29) is 5.91 Å². The van der Waals surface area contributed by atoms with Crippen LogP contribution in [-0.2, 0) is 0 Å². The van der Waals surface area contributed by atoms with E-state index in [2.05, 4.69) is 19.9 Å². The molecule has 2 aromatic carbocycles. The molecule has 1 amide bonds. The summed E-state index contributed by atoms with van der Waals surface area (Å²) in [6.45, 7) is 2.78. The van der Waals surface area contributed by atoms with Gasteiger partial charge in [-0.3, -0.25) is 14.8 Å². The predicted octanol–water partition coefficient (Wildman–Crippen LogP) is 4.24. The van der Waals surface area contributed by atoms with Gasteiger partial charge >= 0.3 is 0 Å². The van der Waals surface area contributed by atoms with Gasteiger partial charge in [0.15, 0.2) is 0 Å². The number of fused-ring (bicyclic) bond motifs is 7. The van der Waals surface area contributed by atoms with Crippen molar-refractivity contribution in [1.82, 2.24) is 29.8 Å². The number of rotatable bonds is 2. The van der Waals surface area contributed by atoms with Crippen molar-refractivity contribution < 1.29 is 4.79 Å². The molecule has 1 aliphatic rings. The first kappa shape index (κ1) is 20.6. The smallest absolute Gasteiger partial charge is 0.254 e. The van der Waals surface area contributed by atoms with E-state index in [0.29, 0.717) is 35.2 Å². The van der Waals surface area contributed by atoms with E-state index in [4.69, 9.17) is 9.97 Å². The first-order valence-corrected chi connectivity index (χ1v) is 11.9. The molecule has 8 heteroatoms. The van der Waals surface area contributed by atoms with E-state index in [1.165, 1.54) is 0 Å². The quantitative estimate of drug-likeness (QED) is 0.276. The van der Waals surface area contributed by atoms with E-state index < -0.39 is 0 Å². The Bertz CT molecular complexity index is 1780. The van der Waals surface area contributed by atoms with Gasteiger partial charge < -0.3 is 9.80 Å². The summed E-state index contributed by atoms with van der Waals surface area (Å²) in [5.74, 6) is 0.947. The van der Waals surface area contributed by atoms with Gasteiger partial charge in [0.1, 0.15) is 16.9 Å². The Balaban J connectivity index is 1.26. The predicted molar refractivity (Wildman–Crippen MR) is 140 cm³/mol. The number of hydrogen-bond donors (Lipinski definition) is 0. The number of carbonyl (C=O) groups is 1. The van der Waals surface area contributed by atoms with Gasteiger partial charge in [-0.2, -0.15) is 0 Å². The highest BCUT2D eigenvalue weighted by Gasteiger charge is 2.23. The van der Waals surface area contributed by atoms with Crippen LogP contribution in [0.15, 0.2) is 79.3 Å². The van der Waals surface area contributed by atoms with Gasteiger partial charge in [0.25, 0.3) is 5.91 Å². The monoisotopic (exact) mass is 471 g/mol. The molecule has 0 saturated carbocycles. The summed E-state index contributed by atoms with van der Waals surface area (Å²) in [4.78, 5) is 41.0. The molecule has 1 saturated heterocycles. The molecule has 0 atom stereocenters. The van der Waals surface area contributed by atoms with Crippen molar-refractivity contribution in [2.45, 2.75) is 0 Å². The number of nitrogens with zero attached hydrogens (tertiary/aromatic N) is 7. The van der Waals surface area contributed by atoms with Gasteiger partial charge in [-0.25, -0.2) is 15.0 Å². The van der Waals surface area contributed by atoms with Gasteiger partial charge in [0, 0.05) is 61.1 Å². The lowest BCUT2D eigenvalue weighted by molar-refractivity contribution is 0.0746. The highest BCUT2D eigenvalue weighted by molar-refractivity contribution is 6.21. The lowest BCUT2D eigenvalue weighted by Gasteiger charge is -2.35. The Hall–Kier alpha value is -4.72. The number of hydrogen-bond acceptors (Lipinski definition) is 7. The summed E-state index contributed by atoms with van der Waals surface area (Å²) in [5, 5.41) is 1.98. The van der Waals surface area contributed by atoms with E-state index in [1.807, 2.05) is 65.6 Å². The van der Waals surface area contributed by atoms with Crippen LogP contribution in [0.1, 0.15) is 10.4 Å². The van der Waals surface area contributed by atoms with Crippen LogP contribution in [0.2, 0.25) is 0 Å². The van der Waals surface area contributed by atoms with Crippen molar-refractivity contribution in [2.75, 3.05) is 31.1 Å². The molecule has 0 radical (unpaired) electrons. The summed E-state index contributed by atoms with van der Waals surface area (Å²) in [7, 11) is 0. The standard InChI is InChI=1S/C28H21N7O/c36-28(35-15-13-34(14-16-35)23-7-1-2-10-29-23)18-8-9-21-22(17-18)33-27-25-20(6-4-12-31-25)19-5-3-11-30-24(19)26(27)32-21/h1-12,17H,13-16H2. The van der Waals surface area contributed by atoms with Crippen LogP contribution in [0.25, 0.3) is 43.9 Å². The lowest BCUT2D eigenvalue weighted by Crippen LogP contribution is -2.49. The highest BCUT2D eigenvalue weighted by atomic mass is 16.2. The van der Waals surface area contributed by atoms with Gasteiger partial charge in [-0.05, 0) is 42.5 Å². The summed E-state index contributed by atoms with van der Waals surface area (Å²) >= 11 is 0. The fourth-order valence-corrected chi connectivity index (χ4v) is 5.00. The van der Waals surface area contributed by atoms with E-state index in [9.17, 15) is 4.79 Å². The van der Waals surface area contributed by atoms with Crippen LogP contribution in [0.4, 0.5) is 5.82 Å². The van der Waals surface area contributed by atoms with Crippen LogP contribution < -0.4 is 4.90 Å². The first-order chi connectivity index (χ1) is 17.8. The number of amides is 1. The van der Waals surface area contributed by atoms with Gasteiger partial charge in [-0.1, -0.05) is 18.2 Å². The minimum Gasteiger partial charge on any atom is -0.353 e. The molecule has 0 aliphatic carbocycles. The van der Waals surface area contributed by atoms with Crippen molar-refractivity contribution in [2.24, 2.45) is 0 Å². The molecule has 4 aromatic heterocycles. The van der Waals surface area contributed by atoms with E-state index in [0.717, 1.165) is 46.2 Å². The zero-order chi connectivity index (χ0) is 24.1. The van der Waals surface area contributed by atoms with Crippen LogP contribution in [0.5, 0.6) is 0 Å². The van der Waals surface area contributed by atoms with Gasteiger partial charge in [0.05, 0.1) is 22.1 Å². The first-order valence-electron chi connectivity index (χ1n) is 11.9. The zero-order valence-corrected chi connectivity index (χ0v) is 19.4. The Morgan fingerprint density at radius 1 is 0.639 bits per heavy atom. The van der Waals surface area contributed by atoms with Crippen molar-refractivity contribution in [3.63, 3.8) is 0 Å². The third-order valence-corrected chi connectivity index (χ3v) is 6.81. The fourth-order valence-electron chi connectivity index (χ4n) is 5.00. The average molecular weight is 472 g/mol. The van der Waals surface area contributed by atoms with Gasteiger partial charge in [0.2, 0.25) is 0 Å². The van der Waals surface area contributed by atoms with E-state index >= 15 is 0 Å². The molecule has 0 bridgehead atoms. The van der Waals surface area contributed by atoms with Crippen LogP contribution >= 0.6 is 0 Å². The summed E-state index contributed by atoms with van der Waals surface area (Å²) in [6, 6.07) is 19.3. The Morgan fingerprint density at radius 3 is 1.97 bits per heavy atom. The average Bonchev–Trinajstić information content (AvgIpc) is 2.96. The minimum atomic E-state index is 0.00243. The maximum atomic E-state index is 13.4. The maximum Gasteiger partial charge on any atom is 0.254 e. The normalized spacial score (nSPS) is 14.2. The summed E-state index contributed by atoms with van der Waals surface area (Å²) < 4.78 is 0. The molecular formula is C28H21N7O. The Kier molecular flexibility index (Phi) is 4.70. The molecule has 0 unspecified atom stereocenters. The lowest BCUT2D eigenvalue weighted by atomic mass is 10.1. The molecule has 0 spiro atoms. The van der Waals surface area contributed by atoms with Crippen LogP contribution in [-0.4, -0.2) is 61.9 Å². The van der Waals surface area contributed by atoms with Crippen molar-refractivity contribution >= 4 is 55.6 Å². The van der Waals surface area contributed by atoms with Crippen molar-refractivity contribution in [3.05, 3.63) is 84.8 Å². The number of aromatic nitrogens is 5. The minimum absolute atomic E-state index is 0.00243. The number of carbonyl (C=O) groups excluding carboxylic acids is 1. The zero-order valence-electron chi connectivity index (χ0n) is 19.4. The summed E-state index contributed by atoms with van der Waals surface area (Å²) in [6.07, 6.45) is 5.33. The molecular weight excluding hydrogens is 450 g/mol. The molecule has 174 valence electrons. The highest BCUT2D eigenvalue weighted by Crippen LogP contribution is 2.32. The van der Waals surface area contributed by atoms with Crippen LogP contribution in [0, 0.1) is 0 Å². The number of anilines is 1. The summed E-state index contributed by atoms with van der Waals surface area (Å²) in [5.41, 5.74) is 4.99. The largest absolute Gasteiger partial charge is 0.353 e. The number of piperazine rings is 1. The van der Waals surface area contributed by atoms with Crippen molar-refractivity contribution in [1.29, 1.82) is 0 Å². The second-order valence-corrected chi connectivity index (χ2v) is 8.89. The molecule has 6 aromatic rings. The Morgan fingerprint density at radius 2 is 1.31 bits per heavy atom. The number of benzene rings is 2. The third kappa shape index (κ3) is 3.30. The maximum absolute atomic E-state index is 13.4. The molecule has 1 aliphatic heterocycles. The van der Waals surface area contributed by atoms with Crippen molar-refractivity contribution in [3.8, 4) is 0 Å². The number of pyridine rings is 3. The molecule has 5 heterocycles. The fraction of sp³-hybridized carbons (Fsp3) is 0.143. The van der Waals surface area contributed by atoms with E-state index in [1.54, 1.807) is 18.6 Å². The van der Waals surface area contributed by atoms with Gasteiger partial charge in [-0.15, -0.1) is 0 Å². The molecule has 8 nitrogen and oxygen atoms in total. The molecule has 7 rings (SSSR count). The van der Waals surface area contributed by atoms with Crippen LogP contribution in [0.3, 0.4) is 0 Å².